The number of benzene rings is 1. The molecule has 0 heterocycles. The van der Waals surface area contributed by atoms with Gasteiger partial charge in [-0.2, -0.15) is 0 Å². The third kappa shape index (κ3) is 4.56. The van der Waals surface area contributed by atoms with Crippen molar-refractivity contribution in [3.8, 4) is 5.75 Å². The molecule has 0 aliphatic heterocycles. The summed E-state index contributed by atoms with van der Waals surface area (Å²) in [7, 11) is 0. The topological polar surface area (TPSA) is 72.8 Å². The molecule has 0 saturated heterocycles. The number of Topliss-reactive ketones (excluding diaryl/α,β-unsaturated/α-hetero) is 1. The van der Waals surface area contributed by atoms with E-state index in [2.05, 4.69) is 11.3 Å². The Labute approximate surface area is 111 Å². The Balaban J connectivity index is 2.64. The van der Waals surface area contributed by atoms with Gasteiger partial charge in [-0.3, -0.25) is 4.79 Å². The van der Waals surface area contributed by atoms with Gasteiger partial charge in [0.1, 0.15) is 11.4 Å². The summed E-state index contributed by atoms with van der Waals surface area (Å²) in [5.41, 5.74) is -1.05. The van der Waals surface area contributed by atoms with E-state index in [-0.39, 0.29) is 12.4 Å². The number of rotatable bonds is 6. The molecule has 1 rings (SSSR count). The fourth-order valence-electron chi connectivity index (χ4n) is 1.32. The van der Waals surface area contributed by atoms with Crippen LogP contribution in [0.5, 0.6) is 5.75 Å². The van der Waals surface area contributed by atoms with Gasteiger partial charge in [0.15, 0.2) is 12.4 Å². The van der Waals surface area contributed by atoms with Crippen molar-refractivity contribution >= 4 is 11.8 Å². The van der Waals surface area contributed by atoms with E-state index < -0.39 is 11.6 Å². The van der Waals surface area contributed by atoms with Crippen LogP contribution >= 0.6 is 0 Å². The minimum atomic E-state index is -1.42. The van der Waals surface area contributed by atoms with Crippen LogP contribution in [0.15, 0.2) is 37.1 Å². The zero-order chi connectivity index (χ0) is 14.5. The van der Waals surface area contributed by atoms with Crippen LogP contribution in [0.3, 0.4) is 0 Å². The van der Waals surface area contributed by atoms with Crippen molar-refractivity contribution < 1.29 is 24.2 Å². The molecule has 1 N–H and O–H groups in total. The standard InChI is InChI=1S/C14H16O5/c1-4-18-12(15)9-19-11-7-5-10(6-8-11)13(16)14(2,3)17/h4-8,17H,1,9H2,2-3H3. The van der Waals surface area contributed by atoms with Gasteiger partial charge in [0.05, 0.1) is 6.26 Å². The quantitative estimate of drug-likeness (QED) is 0.481. The van der Waals surface area contributed by atoms with Crippen molar-refractivity contribution in [2.24, 2.45) is 0 Å². The first-order valence-electron chi connectivity index (χ1n) is 5.65. The van der Waals surface area contributed by atoms with Crippen LogP contribution < -0.4 is 4.74 Å². The van der Waals surface area contributed by atoms with Crippen molar-refractivity contribution in [1.82, 2.24) is 0 Å². The number of hydrogen-bond donors (Lipinski definition) is 1. The highest BCUT2D eigenvalue weighted by Crippen LogP contribution is 2.17. The lowest BCUT2D eigenvalue weighted by molar-refractivity contribution is -0.140. The van der Waals surface area contributed by atoms with Gasteiger partial charge >= 0.3 is 5.97 Å². The van der Waals surface area contributed by atoms with Gasteiger partial charge in [0, 0.05) is 5.56 Å². The molecule has 0 bridgehead atoms. The van der Waals surface area contributed by atoms with E-state index in [1.54, 1.807) is 12.1 Å². The Morgan fingerprint density at radius 3 is 2.37 bits per heavy atom. The molecule has 0 aliphatic rings. The molecule has 0 atom stereocenters. The van der Waals surface area contributed by atoms with Gasteiger partial charge in [-0.1, -0.05) is 6.58 Å². The molecule has 0 amide bonds. The molecule has 0 unspecified atom stereocenters. The zero-order valence-corrected chi connectivity index (χ0v) is 10.9. The molecule has 0 fully saturated rings. The molecular formula is C14H16O5. The Morgan fingerprint density at radius 1 is 1.32 bits per heavy atom. The number of hydrogen-bond acceptors (Lipinski definition) is 5. The minimum absolute atomic E-state index is 0.245. The average Bonchev–Trinajstić information content (AvgIpc) is 2.35. The summed E-state index contributed by atoms with van der Waals surface area (Å²) in [6.45, 7) is 5.85. The first-order valence-corrected chi connectivity index (χ1v) is 5.65. The molecule has 1 aromatic rings. The summed E-state index contributed by atoms with van der Waals surface area (Å²) in [6, 6.07) is 6.13. The molecular weight excluding hydrogens is 248 g/mol. The normalized spacial score (nSPS) is 10.7. The maximum atomic E-state index is 11.8. The van der Waals surface area contributed by atoms with Crippen molar-refractivity contribution in [3.05, 3.63) is 42.7 Å². The molecule has 0 aliphatic carbocycles. The Hall–Kier alpha value is -2.14. The van der Waals surface area contributed by atoms with E-state index in [4.69, 9.17) is 4.74 Å². The third-order valence-corrected chi connectivity index (χ3v) is 2.24. The number of ketones is 1. The van der Waals surface area contributed by atoms with Crippen LogP contribution in [-0.2, 0) is 9.53 Å². The van der Waals surface area contributed by atoms with Gasteiger partial charge in [-0.25, -0.2) is 4.79 Å². The van der Waals surface area contributed by atoms with E-state index >= 15 is 0 Å². The summed E-state index contributed by atoms with van der Waals surface area (Å²) in [4.78, 5) is 22.8. The summed E-state index contributed by atoms with van der Waals surface area (Å²) < 4.78 is 9.63. The first-order chi connectivity index (χ1) is 8.84. The predicted molar refractivity (Wildman–Crippen MR) is 68.9 cm³/mol. The number of esters is 1. The smallest absolute Gasteiger partial charge is 0.348 e. The van der Waals surface area contributed by atoms with Gasteiger partial charge in [-0.15, -0.1) is 0 Å². The molecule has 0 spiro atoms. The highest BCUT2D eigenvalue weighted by molar-refractivity contribution is 6.01. The zero-order valence-electron chi connectivity index (χ0n) is 10.9. The molecule has 0 aromatic heterocycles. The van der Waals surface area contributed by atoms with Crippen LogP contribution in [0.25, 0.3) is 0 Å². The van der Waals surface area contributed by atoms with Gasteiger partial charge < -0.3 is 14.6 Å². The van der Waals surface area contributed by atoms with Gasteiger partial charge in [-0.05, 0) is 38.1 Å². The molecule has 5 nitrogen and oxygen atoms in total. The maximum Gasteiger partial charge on any atom is 0.348 e. The summed E-state index contributed by atoms with van der Waals surface area (Å²) in [6.07, 6.45) is 1.02. The number of carbonyl (C=O) groups excluding carboxylic acids is 2. The highest BCUT2D eigenvalue weighted by Gasteiger charge is 2.24. The third-order valence-electron chi connectivity index (χ3n) is 2.24. The lowest BCUT2D eigenvalue weighted by Crippen LogP contribution is -2.30. The largest absolute Gasteiger partial charge is 0.482 e. The van der Waals surface area contributed by atoms with Crippen LogP contribution in [0.1, 0.15) is 24.2 Å². The molecule has 5 heteroatoms. The second kappa shape index (κ2) is 6.15. The van der Waals surface area contributed by atoms with Crippen LogP contribution in [0, 0.1) is 0 Å². The number of carbonyl (C=O) groups is 2. The predicted octanol–water partition coefficient (Wildman–Crippen LogP) is 1.71. The molecule has 1 aromatic carbocycles. The SMILES string of the molecule is C=COC(=O)COc1ccc(C(=O)C(C)(C)O)cc1. The van der Waals surface area contributed by atoms with Crippen molar-refractivity contribution in [3.63, 3.8) is 0 Å². The lowest BCUT2D eigenvalue weighted by atomic mass is 9.97. The summed E-state index contributed by atoms with van der Waals surface area (Å²) in [5.74, 6) is -0.523. The minimum Gasteiger partial charge on any atom is -0.482 e. The van der Waals surface area contributed by atoms with Crippen molar-refractivity contribution in [2.45, 2.75) is 19.4 Å². The number of aliphatic hydroxyl groups is 1. The monoisotopic (exact) mass is 264 g/mol. The Bertz CT molecular complexity index is 468. The second-order valence-corrected chi connectivity index (χ2v) is 4.36. The fourth-order valence-corrected chi connectivity index (χ4v) is 1.32. The Kier molecular flexibility index (Phi) is 4.83. The molecule has 102 valence electrons. The van der Waals surface area contributed by atoms with E-state index in [1.165, 1.54) is 26.0 Å². The second-order valence-electron chi connectivity index (χ2n) is 4.36. The molecule has 0 saturated carbocycles. The average molecular weight is 264 g/mol. The van der Waals surface area contributed by atoms with Gasteiger partial charge in [0.25, 0.3) is 0 Å². The summed E-state index contributed by atoms with van der Waals surface area (Å²) >= 11 is 0. The Morgan fingerprint density at radius 2 is 1.89 bits per heavy atom. The van der Waals surface area contributed by atoms with Crippen LogP contribution in [0.2, 0.25) is 0 Å². The first kappa shape index (κ1) is 14.9. The molecule has 0 radical (unpaired) electrons. The highest BCUT2D eigenvalue weighted by atomic mass is 16.6. The lowest BCUT2D eigenvalue weighted by Gasteiger charge is -2.15. The number of ether oxygens (including phenoxy) is 2. The van der Waals surface area contributed by atoms with E-state index in [9.17, 15) is 14.7 Å². The van der Waals surface area contributed by atoms with Gasteiger partial charge in [0.2, 0.25) is 0 Å². The fraction of sp³-hybridized carbons (Fsp3) is 0.286. The van der Waals surface area contributed by atoms with Crippen molar-refractivity contribution in [1.29, 1.82) is 0 Å². The summed E-state index contributed by atoms with van der Waals surface area (Å²) in [5, 5.41) is 9.59. The van der Waals surface area contributed by atoms with E-state index in [0.717, 1.165) is 6.26 Å². The van der Waals surface area contributed by atoms with E-state index in [0.29, 0.717) is 11.3 Å². The van der Waals surface area contributed by atoms with Crippen LogP contribution in [0.4, 0.5) is 0 Å². The maximum absolute atomic E-state index is 11.8. The van der Waals surface area contributed by atoms with Crippen LogP contribution in [-0.4, -0.2) is 29.1 Å². The molecule has 19 heavy (non-hydrogen) atoms. The van der Waals surface area contributed by atoms with E-state index in [1.807, 2.05) is 0 Å². The van der Waals surface area contributed by atoms with Crippen molar-refractivity contribution in [2.75, 3.05) is 6.61 Å².